The van der Waals surface area contributed by atoms with Crippen molar-refractivity contribution in [1.29, 1.82) is 0 Å². The van der Waals surface area contributed by atoms with E-state index < -0.39 is 0 Å². The molecule has 1 rings (SSSR count). The summed E-state index contributed by atoms with van der Waals surface area (Å²) in [5.41, 5.74) is 0. The van der Waals surface area contributed by atoms with Gasteiger partial charge in [-0.15, -0.1) is 0 Å². The van der Waals surface area contributed by atoms with Crippen LogP contribution in [0, 0.1) is 17.8 Å². The van der Waals surface area contributed by atoms with Gasteiger partial charge in [-0.25, -0.2) is 0 Å². The molecule has 0 spiro atoms. The summed E-state index contributed by atoms with van der Waals surface area (Å²) in [4.78, 5) is 12.4. The van der Waals surface area contributed by atoms with Crippen LogP contribution in [0.5, 0.6) is 0 Å². The topological polar surface area (TPSA) is 17.1 Å². The van der Waals surface area contributed by atoms with Gasteiger partial charge in [0.15, 0.2) is 0 Å². The van der Waals surface area contributed by atoms with Crippen molar-refractivity contribution in [3.05, 3.63) is 0 Å². The van der Waals surface area contributed by atoms with E-state index in [1.807, 2.05) is 0 Å². The Labute approximate surface area is 101 Å². The molecule has 0 amide bonds. The van der Waals surface area contributed by atoms with E-state index in [2.05, 4.69) is 20.8 Å². The van der Waals surface area contributed by atoms with Crippen molar-refractivity contribution < 1.29 is 4.79 Å². The minimum atomic E-state index is 0.366. The molecule has 1 aliphatic carbocycles. The molecule has 94 valence electrons. The SMILES string of the molecule is CCCC(CCC)C(=O)C1CCCC(C)C1. The Morgan fingerprint density at radius 3 is 2.31 bits per heavy atom. The van der Waals surface area contributed by atoms with Gasteiger partial charge in [-0.2, -0.15) is 0 Å². The summed E-state index contributed by atoms with van der Waals surface area (Å²) in [6.07, 6.45) is 9.43. The van der Waals surface area contributed by atoms with Gasteiger partial charge in [0.1, 0.15) is 5.78 Å². The number of hydrogen-bond donors (Lipinski definition) is 0. The molecular formula is C15H28O. The molecule has 0 heterocycles. The first-order valence-corrected chi connectivity index (χ1v) is 7.22. The first-order valence-electron chi connectivity index (χ1n) is 7.22. The lowest BCUT2D eigenvalue weighted by molar-refractivity contribution is -0.128. The molecule has 1 nitrogen and oxygen atoms in total. The van der Waals surface area contributed by atoms with Gasteiger partial charge in [0.25, 0.3) is 0 Å². The number of ketones is 1. The first kappa shape index (κ1) is 13.7. The molecule has 0 aromatic heterocycles. The summed E-state index contributed by atoms with van der Waals surface area (Å²) in [6, 6.07) is 0. The highest BCUT2D eigenvalue weighted by atomic mass is 16.1. The number of Topliss-reactive ketones (excluding diaryl/α,β-unsaturated/α-hetero) is 1. The molecule has 0 aromatic carbocycles. The second kappa shape index (κ2) is 7.09. The van der Waals surface area contributed by atoms with Crippen LogP contribution in [0.1, 0.15) is 72.1 Å². The molecule has 0 aromatic rings. The molecule has 1 heteroatoms. The van der Waals surface area contributed by atoms with Crippen molar-refractivity contribution in [3.63, 3.8) is 0 Å². The first-order chi connectivity index (χ1) is 7.69. The van der Waals surface area contributed by atoms with E-state index in [1.54, 1.807) is 0 Å². The van der Waals surface area contributed by atoms with Gasteiger partial charge in [0.2, 0.25) is 0 Å². The molecule has 0 bridgehead atoms. The van der Waals surface area contributed by atoms with Crippen LogP contribution in [0.2, 0.25) is 0 Å². The third-order valence-electron chi connectivity index (χ3n) is 4.02. The molecule has 2 atom stereocenters. The van der Waals surface area contributed by atoms with Gasteiger partial charge < -0.3 is 0 Å². The molecule has 1 fully saturated rings. The lowest BCUT2D eigenvalue weighted by Gasteiger charge is -2.28. The molecule has 0 radical (unpaired) electrons. The van der Waals surface area contributed by atoms with E-state index in [9.17, 15) is 4.79 Å². The number of rotatable bonds is 6. The molecule has 2 unspecified atom stereocenters. The van der Waals surface area contributed by atoms with Crippen molar-refractivity contribution >= 4 is 5.78 Å². The minimum absolute atomic E-state index is 0.366. The van der Waals surface area contributed by atoms with Gasteiger partial charge in [0, 0.05) is 11.8 Å². The third-order valence-corrected chi connectivity index (χ3v) is 4.02. The zero-order chi connectivity index (χ0) is 12.0. The van der Waals surface area contributed by atoms with Gasteiger partial charge in [-0.3, -0.25) is 4.79 Å². The van der Waals surface area contributed by atoms with E-state index in [-0.39, 0.29) is 0 Å². The van der Waals surface area contributed by atoms with Crippen LogP contribution in [0.25, 0.3) is 0 Å². The molecular weight excluding hydrogens is 196 g/mol. The lowest BCUT2D eigenvalue weighted by Crippen LogP contribution is -2.27. The Morgan fingerprint density at radius 2 is 1.81 bits per heavy atom. The van der Waals surface area contributed by atoms with E-state index in [1.165, 1.54) is 12.8 Å². The Hall–Kier alpha value is -0.330. The average molecular weight is 224 g/mol. The normalized spacial score (nSPS) is 26.0. The summed E-state index contributed by atoms with van der Waals surface area (Å²) in [7, 11) is 0. The molecule has 0 saturated heterocycles. The van der Waals surface area contributed by atoms with E-state index in [4.69, 9.17) is 0 Å². The van der Waals surface area contributed by atoms with E-state index in [0.29, 0.717) is 17.6 Å². The summed E-state index contributed by atoms with van der Waals surface area (Å²) in [5, 5.41) is 0. The van der Waals surface area contributed by atoms with E-state index in [0.717, 1.165) is 44.4 Å². The Balaban J connectivity index is 2.51. The quantitative estimate of drug-likeness (QED) is 0.644. The number of carbonyl (C=O) groups excluding carboxylic acids is 1. The summed E-state index contributed by atoms with van der Waals surface area (Å²) < 4.78 is 0. The van der Waals surface area contributed by atoms with Crippen LogP contribution in [-0.4, -0.2) is 5.78 Å². The van der Waals surface area contributed by atoms with Crippen molar-refractivity contribution in [1.82, 2.24) is 0 Å². The zero-order valence-corrected chi connectivity index (χ0v) is 11.3. The van der Waals surface area contributed by atoms with Gasteiger partial charge in [-0.05, 0) is 31.6 Å². The maximum Gasteiger partial charge on any atom is 0.139 e. The van der Waals surface area contributed by atoms with Crippen molar-refractivity contribution in [2.75, 3.05) is 0 Å². The summed E-state index contributed by atoms with van der Waals surface area (Å²) >= 11 is 0. The Bertz CT molecular complexity index is 197. The van der Waals surface area contributed by atoms with Crippen LogP contribution in [-0.2, 0) is 4.79 Å². The highest BCUT2D eigenvalue weighted by Crippen LogP contribution is 2.32. The van der Waals surface area contributed by atoms with Crippen LogP contribution >= 0.6 is 0 Å². The summed E-state index contributed by atoms with van der Waals surface area (Å²) in [5.74, 6) is 2.12. The van der Waals surface area contributed by atoms with Crippen molar-refractivity contribution in [2.24, 2.45) is 17.8 Å². The highest BCUT2D eigenvalue weighted by molar-refractivity contribution is 5.83. The average Bonchev–Trinajstić information content (AvgIpc) is 2.28. The fourth-order valence-electron chi connectivity index (χ4n) is 3.15. The Kier molecular flexibility index (Phi) is 6.08. The maximum atomic E-state index is 12.4. The number of carbonyl (C=O) groups is 1. The van der Waals surface area contributed by atoms with Crippen LogP contribution in [0.4, 0.5) is 0 Å². The fraction of sp³-hybridized carbons (Fsp3) is 0.933. The smallest absolute Gasteiger partial charge is 0.139 e. The monoisotopic (exact) mass is 224 g/mol. The van der Waals surface area contributed by atoms with Gasteiger partial charge >= 0.3 is 0 Å². The van der Waals surface area contributed by atoms with Gasteiger partial charge in [0.05, 0.1) is 0 Å². The highest BCUT2D eigenvalue weighted by Gasteiger charge is 2.29. The van der Waals surface area contributed by atoms with Crippen LogP contribution in [0.3, 0.4) is 0 Å². The van der Waals surface area contributed by atoms with Gasteiger partial charge in [-0.1, -0.05) is 46.5 Å². The molecule has 16 heavy (non-hydrogen) atoms. The van der Waals surface area contributed by atoms with Crippen LogP contribution < -0.4 is 0 Å². The minimum Gasteiger partial charge on any atom is -0.299 e. The van der Waals surface area contributed by atoms with Crippen molar-refractivity contribution in [3.8, 4) is 0 Å². The molecule has 1 aliphatic rings. The second-order valence-electron chi connectivity index (χ2n) is 5.65. The molecule has 0 aliphatic heterocycles. The predicted octanol–water partition coefficient (Wildman–Crippen LogP) is 4.60. The predicted molar refractivity (Wildman–Crippen MR) is 69.4 cm³/mol. The maximum absolute atomic E-state index is 12.4. The second-order valence-corrected chi connectivity index (χ2v) is 5.65. The zero-order valence-electron chi connectivity index (χ0n) is 11.3. The lowest BCUT2D eigenvalue weighted by atomic mass is 9.75. The standard InChI is InChI=1S/C15H28O/c1-4-7-13(8-5-2)15(16)14-10-6-9-12(3)11-14/h12-14H,4-11H2,1-3H3. The summed E-state index contributed by atoms with van der Waals surface area (Å²) in [6.45, 7) is 6.69. The number of hydrogen-bond acceptors (Lipinski definition) is 1. The Morgan fingerprint density at radius 1 is 1.19 bits per heavy atom. The molecule has 1 saturated carbocycles. The van der Waals surface area contributed by atoms with Crippen molar-refractivity contribution in [2.45, 2.75) is 72.1 Å². The van der Waals surface area contributed by atoms with E-state index >= 15 is 0 Å². The molecule has 0 N–H and O–H groups in total. The third kappa shape index (κ3) is 3.92. The largest absolute Gasteiger partial charge is 0.299 e. The fourth-order valence-corrected chi connectivity index (χ4v) is 3.15. The van der Waals surface area contributed by atoms with Crippen LogP contribution in [0.15, 0.2) is 0 Å².